The second-order valence-electron chi connectivity index (χ2n) is 4.75. The van der Waals surface area contributed by atoms with E-state index in [1.165, 1.54) is 11.1 Å². The molecule has 1 aromatic heterocycles. The average Bonchev–Trinajstić information content (AvgIpc) is 2.78. The van der Waals surface area contributed by atoms with Crippen molar-refractivity contribution in [3.05, 3.63) is 46.5 Å². The van der Waals surface area contributed by atoms with Crippen molar-refractivity contribution in [2.24, 2.45) is 0 Å². The van der Waals surface area contributed by atoms with Crippen LogP contribution >= 0.6 is 23.1 Å². The number of nitrogens with one attached hydrogen (secondary N) is 1. The highest BCUT2D eigenvalue weighted by Crippen LogP contribution is 2.33. The summed E-state index contributed by atoms with van der Waals surface area (Å²) in [7, 11) is 2.02. The van der Waals surface area contributed by atoms with Gasteiger partial charge in [0.2, 0.25) is 0 Å². The first-order valence-electron chi connectivity index (χ1n) is 6.42. The number of nitrogens with zero attached hydrogens (tertiary/aromatic N) is 1. The molecule has 4 heteroatoms. The normalized spacial score (nSPS) is 14.3. The van der Waals surface area contributed by atoms with Crippen molar-refractivity contribution in [3.8, 4) is 0 Å². The lowest BCUT2D eigenvalue weighted by molar-refractivity contribution is 0.589. The van der Waals surface area contributed by atoms with E-state index in [2.05, 4.69) is 53.8 Å². The third-order valence-corrected chi connectivity index (χ3v) is 5.37. The highest BCUT2D eigenvalue weighted by molar-refractivity contribution is 8.01. The van der Waals surface area contributed by atoms with Crippen LogP contribution in [0.25, 0.3) is 0 Å². The van der Waals surface area contributed by atoms with Gasteiger partial charge in [0, 0.05) is 22.4 Å². The second-order valence-corrected chi connectivity index (χ2v) is 7.24. The topological polar surface area (TPSA) is 24.9 Å². The number of aryl methyl sites for hydroxylation is 2. The lowest BCUT2D eigenvalue weighted by Gasteiger charge is -2.23. The van der Waals surface area contributed by atoms with Gasteiger partial charge in [-0.05, 0) is 26.5 Å². The number of thioether (sulfide) groups is 1. The second kappa shape index (κ2) is 6.55. The third-order valence-electron chi connectivity index (χ3n) is 3.10. The Hall–Kier alpha value is -0.840. The van der Waals surface area contributed by atoms with Gasteiger partial charge in [0.15, 0.2) is 0 Å². The van der Waals surface area contributed by atoms with E-state index in [1.807, 2.05) is 25.7 Å². The molecule has 2 unspecified atom stereocenters. The van der Waals surface area contributed by atoms with E-state index >= 15 is 0 Å². The maximum Gasteiger partial charge on any atom is 0.150 e. The Kier molecular flexibility index (Phi) is 5.02. The standard InChI is InChI=1S/C15H20N2S2/c1-10-5-7-13(8-6-10)14(16-4)12(3)19-15-17-11(2)9-18-15/h5-9,12,14,16H,1-4H3. The van der Waals surface area contributed by atoms with Crippen LogP contribution in [-0.2, 0) is 0 Å². The fraction of sp³-hybridized carbons (Fsp3) is 0.400. The van der Waals surface area contributed by atoms with Crippen LogP contribution < -0.4 is 5.32 Å². The van der Waals surface area contributed by atoms with E-state index in [1.54, 1.807) is 11.3 Å². The van der Waals surface area contributed by atoms with Crippen molar-refractivity contribution >= 4 is 23.1 Å². The number of rotatable bonds is 5. The molecular weight excluding hydrogens is 272 g/mol. The Bertz CT molecular complexity index is 519. The zero-order valence-corrected chi connectivity index (χ0v) is 13.4. The van der Waals surface area contributed by atoms with Crippen LogP contribution in [0.3, 0.4) is 0 Å². The monoisotopic (exact) mass is 292 g/mol. The Morgan fingerprint density at radius 3 is 2.42 bits per heavy atom. The van der Waals surface area contributed by atoms with Crippen molar-refractivity contribution in [2.75, 3.05) is 7.05 Å². The van der Waals surface area contributed by atoms with Gasteiger partial charge >= 0.3 is 0 Å². The molecule has 0 radical (unpaired) electrons. The molecule has 0 aliphatic heterocycles. The van der Waals surface area contributed by atoms with Crippen LogP contribution in [0.1, 0.15) is 29.8 Å². The number of hydrogen-bond donors (Lipinski definition) is 1. The highest BCUT2D eigenvalue weighted by Gasteiger charge is 2.19. The van der Waals surface area contributed by atoms with Gasteiger partial charge in [0.25, 0.3) is 0 Å². The maximum absolute atomic E-state index is 4.53. The fourth-order valence-electron chi connectivity index (χ4n) is 2.06. The number of aromatic nitrogens is 1. The van der Waals surface area contributed by atoms with Gasteiger partial charge in [-0.1, -0.05) is 48.5 Å². The molecule has 19 heavy (non-hydrogen) atoms. The van der Waals surface area contributed by atoms with Gasteiger partial charge in [-0.25, -0.2) is 4.98 Å². The first-order chi connectivity index (χ1) is 9.10. The minimum Gasteiger partial charge on any atom is -0.312 e. The maximum atomic E-state index is 4.53. The molecule has 2 nitrogen and oxygen atoms in total. The predicted molar refractivity (Wildman–Crippen MR) is 85.1 cm³/mol. The van der Waals surface area contributed by atoms with Gasteiger partial charge in [-0.3, -0.25) is 0 Å². The van der Waals surface area contributed by atoms with Gasteiger partial charge < -0.3 is 5.32 Å². The largest absolute Gasteiger partial charge is 0.312 e. The van der Waals surface area contributed by atoms with E-state index < -0.39 is 0 Å². The molecule has 2 rings (SSSR count). The minimum atomic E-state index is 0.342. The Balaban J connectivity index is 2.10. The molecule has 0 bridgehead atoms. The summed E-state index contributed by atoms with van der Waals surface area (Å²) in [5.41, 5.74) is 3.74. The highest BCUT2D eigenvalue weighted by atomic mass is 32.2. The molecule has 2 aromatic rings. The Labute approximate surface area is 123 Å². The van der Waals surface area contributed by atoms with Gasteiger partial charge in [-0.2, -0.15) is 0 Å². The van der Waals surface area contributed by atoms with E-state index in [0.717, 1.165) is 10.0 Å². The van der Waals surface area contributed by atoms with Crippen LogP contribution in [0, 0.1) is 13.8 Å². The van der Waals surface area contributed by atoms with Gasteiger partial charge in [0.1, 0.15) is 4.34 Å². The van der Waals surface area contributed by atoms with E-state index in [0.29, 0.717) is 11.3 Å². The zero-order valence-electron chi connectivity index (χ0n) is 11.8. The first-order valence-corrected chi connectivity index (χ1v) is 8.18. The summed E-state index contributed by atoms with van der Waals surface area (Å²) in [5, 5.41) is 5.97. The molecule has 1 heterocycles. The van der Waals surface area contributed by atoms with Crippen LogP contribution in [0.2, 0.25) is 0 Å². The molecule has 102 valence electrons. The molecule has 2 atom stereocenters. The van der Waals surface area contributed by atoms with Crippen molar-refractivity contribution in [3.63, 3.8) is 0 Å². The number of thiazole rings is 1. The summed E-state index contributed by atoms with van der Waals surface area (Å²) in [5.74, 6) is 0. The van der Waals surface area contributed by atoms with Crippen molar-refractivity contribution < 1.29 is 0 Å². The first kappa shape index (κ1) is 14.6. The van der Waals surface area contributed by atoms with E-state index in [4.69, 9.17) is 0 Å². The quantitative estimate of drug-likeness (QED) is 0.836. The Morgan fingerprint density at radius 1 is 1.21 bits per heavy atom. The molecule has 0 saturated carbocycles. The molecule has 0 saturated heterocycles. The van der Waals surface area contributed by atoms with Crippen molar-refractivity contribution in [1.29, 1.82) is 0 Å². The Morgan fingerprint density at radius 2 is 1.89 bits per heavy atom. The minimum absolute atomic E-state index is 0.342. The molecule has 0 amide bonds. The molecule has 0 spiro atoms. The van der Waals surface area contributed by atoms with Gasteiger partial charge in [0.05, 0.1) is 0 Å². The van der Waals surface area contributed by atoms with Crippen molar-refractivity contribution in [1.82, 2.24) is 10.3 Å². The van der Waals surface area contributed by atoms with E-state index in [9.17, 15) is 0 Å². The average molecular weight is 292 g/mol. The molecule has 0 aliphatic rings. The lowest BCUT2D eigenvalue weighted by Crippen LogP contribution is -2.25. The zero-order chi connectivity index (χ0) is 13.8. The summed E-state index contributed by atoms with van der Waals surface area (Å²) >= 11 is 3.57. The summed E-state index contributed by atoms with van der Waals surface area (Å²) in [4.78, 5) is 4.53. The van der Waals surface area contributed by atoms with Crippen molar-refractivity contribution in [2.45, 2.75) is 36.4 Å². The summed E-state index contributed by atoms with van der Waals surface area (Å²) < 4.78 is 1.15. The predicted octanol–water partition coefficient (Wildman–Crippen LogP) is 4.20. The molecule has 1 aromatic carbocycles. The molecule has 0 fully saturated rings. The van der Waals surface area contributed by atoms with Crippen LogP contribution in [0.4, 0.5) is 0 Å². The van der Waals surface area contributed by atoms with Crippen LogP contribution in [0.15, 0.2) is 34.0 Å². The van der Waals surface area contributed by atoms with Gasteiger partial charge in [-0.15, -0.1) is 11.3 Å². The number of hydrogen-bond acceptors (Lipinski definition) is 4. The number of benzene rings is 1. The van der Waals surface area contributed by atoms with Crippen LogP contribution in [0.5, 0.6) is 0 Å². The summed E-state index contributed by atoms with van der Waals surface area (Å²) in [6.45, 7) is 6.41. The SMILES string of the molecule is CNC(c1ccc(C)cc1)C(C)Sc1nc(C)cs1. The summed E-state index contributed by atoms with van der Waals surface area (Å²) in [6.07, 6.45) is 0. The summed E-state index contributed by atoms with van der Waals surface area (Å²) in [6, 6.07) is 9.10. The molecule has 0 aliphatic carbocycles. The third kappa shape index (κ3) is 3.81. The van der Waals surface area contributed by atoms with E-state index in [-0.39, 0.29) is 0 Å². The lowest BCUT2D eigenvalue weighted by atomic mass is 10.0. The fourth-order valence-corrected chi connectivity index (χ4v) is 4.35. The molecule has 1 N–H and O–H groups in total. The molecular formula is C15H20N2S2. The smallest absolute Gasteiger partial charge is 0.150 e. The van der Waals surface area contributed by atoms with Crippen LogP contribution in [-0.4, -0.2) is 17.3 Å².